The van der Waals surface area contributed by atoms with Gasteiger partial charge in [0.2, 0.25) is 11.8 Å². The van der Waals surface area contributed by atoms with E-state index in [9.17, 15) is 9.59 Å². The lowest BCUT2D eigenvalue weighted by atomic mass is 10.1. The van der Waals surface area contributed by atoms with Gasteiger partial charge in [0, 0.05) is 12.8 Å². The molecule has 0 saturated heterocycles. The van der Waals surface area contributed by atoms with Gasteiger partial charge < -0.3 is 8.83 Å². The Morgan fingerprint density at radius 2 is 1.26 bits per heavy atom. The Labute approximate surface area is 183 Å². The zero-order valence-corrected chi connectivity index (χ0v) is 18.6. The first-order valence-electron chi connectivity index (χ1n) is 8.17. The molecule has 2 aromatic rings. The number of carbonyl (C=O) groups excluding carboxylic acids is 2. The molecule has 0 aliphatic rings. The topological polar surface area (TPSA) is 109 Å². The molecular weight excluding hydrogens is 578 g/mol. The number of nitrogens with zero attached hydrogens (tertiary/aromatic N) is 2. The van der Waals surface area contributed by atoms with Gasteiger partial charge in [0.05, 0.1) is 12.4 Å². The van der Waals surface area contributed by atoms with E-state index in [1.807, 2.05) is 12.1 Å². The van der Waals surface area contributed by atoms with Gasteiger partial charge in [0.15, 0.2) is 7.53 Å². The van der Waals surface area contributed by atoms with Gasteiger partial charge in [-0.25, -0.2) is 10.9 Å². The summed E-state index contributed by atoms with van der Waals surface area (Å²) in [5.74, 6) is 0.814. The number of hydrazone groups is 2. The van der Waals surface area contributed by atoms with Crippen LogP contribution < -0.4 is 10.9 Å². The van der Waals surface area contributed by atoms with Crippen LogP contribution in [-0.4, -0.2) is 24.2 Å². The van der Waals surface area contributed by atoms with Crippen LogP contribution >= 0.6 is 45.2 Å². The Hall–Kier alpha value is -1.70. The molecule has 10 heteroatoms. The molecule has 0 bridgehead atoms. The molecule has 2 N–H and O–H groups in total. The van der Waals surface area contributed by atoms with Crippen molar-refractivity contribution in [2.75, 3.05) is 0 Å². The van der Waals surface area contributed by atoms with E-state index in [4.69, 9.17) is 8.83 Å². The lowest BCUT2D eigenvalue weighted by Gasteiger charge is -2.01. The molecule has 8 nitrogen and oxygen atoms in total. The Morgan fingerprint density at radius 3 is 1.63 bits per heavy atom. The third-order valence-electron chi connectivity index (χ3n) is 3.26. The second-order valence-electron chi connectivity index (χ2n) is 5.43. The Bertz CT molecular complexity index is 747. The summed E-state index contributed by atoms with van der Waals surface area (Å²) in [6.07, 6.45) is 5.74. The molecule has 2 rings (SSSR count). The summed E-state index contributed by atoms with van der Waals surface area (Å²) in [6.45, 7) is 0. The van der Waals surface area contributed by atoms with Crippen molar-refractivity contribution in [2.24, 2.45) is 10.2 Å². The number of unbranched alkanes of at least 4 members (excludes halogenated alkanes) is 2. The minimum absolute atomic E-state index is 0.172. The van der Waals surface area contributed by atoms with Crippen LogP contribution in [0, 0.1) is 7.53 Å². The first kappa shape index (κ1) is 21.6. The van der Waals surface area contributed by atoms with Crippen LogP contribution in [0.5, 0.6) is 0 Å². The first-order chi connectivity index (χ1) is 13.0. The lowest BCUT2D eigenvalue weighted by molar-refractivity contribution is -0.121. The second-order valence-corrected chi connectivity index (χ2v) is 7.56. The van der Waals surface area contributed by atoms with Crippen molar-refractivity contribution in [3.63, 3.8) is 0 Å². The largest absolute Gasteiger partial charge is 0.449 e. The third-order valence-corrected chi connectivity index (χ3v) is 4.42. The van der Waals surface area contributed by atoms with Gasteiger partial charge in [-0.05, 0) is 82.3 Å². The van der Waals surface area contributed by atoms with Crippen LogP contribution in [0.2, 0.25) is 0 Å². The number of rotatable bonds is 10. The van der Waals surface area contributed by atoms with Crippen LogP contribution in [0.15, 0.2) is 43.3 Å². The Kier molecular flexibility index (Phi) is 9.52. The normalized spacial score (nSPS) is 11.3. The smallest absolute Gasteiger partial charge is 0.240 e. The summed E-state index contributed by atoms with van der Waals surface area (Å²) in [7, 11) is 0. The van der Waals surface area contributed by atoms with Crippen molar-refractivity contribution in [3.8, 4) is 0 Å². The van der Waals surface area contributed by atoms with Gasteiger partial charge in [-0.1, -0.05) is 6.42 Å². The molecule has 2 amide bonds. The van der Waals surface area contributed by atoms with E-state index in [1.165, 1.54) is 12.4 Å². The van der Waals surface area contributed by atoms with Crippen LogP contribution in [0.4, 0.5) is 0 Å². The van der Waals surface area contributed by atoms with E-state index in [0.29, 0.717) is 37.2 Å². The zero-order valence-electron chi connectivity index (χ0n) is 14.3. The summed E-state index contributed by atoms with van der Waals surface area (Å²) < 4.78 is 12.1. The zero-order chi connectivity index (χ0) is 19.5. The molecule has 2 aromatic heterocycles. The number of amides is 2. The predicted molar refractivity (Wildman–Crippen MR) is 117 cm³/mol. The van der Waals surface area contributed by atoms with Gasteiger partial charge in [-0.2, -0.15) is 10.2 Å². The number of carbonyl (C=O) groups is 2. The monoisotopic (exact) mass is 596 g/mol. The molecule has 0 spiro atoms. The molecule has 144 valence electrons. The van der Waals surface area contributed by atoms with Gasteiger partial charge >= 0.3 is 0 Å². The van der Waals surface area contributed by atoms with Crippen LogP contribution in [-0.2, 0) is 9.59 Å². The van der Waals surface area contributed by atoms with E-state index in [-0.39, 0.29) is 11.8 Å². The summed E-state index contributed by atoms with van der Waals surface area (Å²) in [4.78, 5) is 23.3. The Morgan fingerprint density at radius 1 is 0.815 bits per heavy atom. The minimum Gasteiger partial charge on any atom is -0.449 e. The highest BCUT2D eigenvalue weighted by Crippen LogP contribution is 2.08. The molecule has 0 saturated carbocycles. The van der Waals surface area contributed by atoms with Crippen molar-refractivity contribution in [1.82, 2.24) is 10.9 Å². The number of nitrogens with one attached hydrogen (secondary N) is 2. The maximum atomic E-state index is 11.6. The molecule has 0 atom stereocenters. The first-order valence-corrected chi connectivity index (χ1v) is 10.3. The molecule has 0 aromatic carbocycles. The van der Waals surface area contributed by atoms with Crippen LogP contribution in [0.1, 0.15) is 43.6 Å². The van der Waals surface area contributed by atoms with E-state index in [2.05, 4.69) is 66.2 Å². The molecule has 0 radical (unpaired) electrons. The highest BCUT2D eigenvalue weighted by molar-refractivity contribution is 14.1. The van der Waals surface area contributed by atoms with Gasteiger partial charge in [0.1, 0.15) is 11.5 Å². The average Bonchev–Trinajstić information content (AvgIpc) is 3.23. The SMILES string of the molecule is O=C(CCCCCC(=O)N/N=C/c1ccc(I)o1)N/N=C/c1ccc(I)o1. The maximum absolute atomic E-state index is 11.6. The van der Waals surface area contributed by atoms with E-state index in [0.717, 1.165) is 14.0 Å². The molecule has 0 aliphatic carbocycles. The molecule has 0 fully saturated rings. The Balaban J connectivity index is 1.50. The second kappa shape index (κ2) is 11.9. The van der Waals surface area contributed by atoms with E-state index < -0.39 is 0 Å². The standard InChI is InChI=1S/C17H18I2N4O4/c18-14-8-6-12(26-14)10-20-22-16(24)4-2-1-3-5-17(25)23-21-11-13-7-9-15(19)27-13/h6-11H,1-5H2,(H,22,24)(H,23,25)/b20-10+,21-11+. The van der Waals surface area contributed by atoms with E-state index in [1.54, 1.807) is 12.1 Å². The number of hydrogen-bond acceptors (Lipinski definition) is 6. The van der Waals surface area contributed by atoms with Crippen molar-refractivity contribution >= 4 is 69.4 Å². The van der Waals surface area contributed by atoms with Crippen molar-refractivity contribution in [1.29, 1.82) is 0 Å². The molecule has 0 aliphatic heterocycles. The average molecular weight is 596 g/mol. The van der Waals surface area contributed by atoms with Crippen molar-refractivity contribution < 1.29 is 18.4 Å². The molecule has 0 unspecified atom stereocenters. The van der Waals surface area contributed by atoms with Gasteiger partial charge in [-0.15, -0.1) is 0 Å². The molecule has 2 heterocycles. The maximum Gasteiger partial charge on any atom is 0.240 e. The fraction of sp³-hybridized carbons (Fsp3) is 0.294. The van der Waals surface area contributed by atoms with Crippen LogP contribution in [0.3, 0.4) is 0 Å². The number of furan rings is 2. The fourth-order valence-electron chi connectivity index (χ4n) is 1.99. The van der Waals surface area contributed by atoms with E-state index >= 15 is 0 Å². The van der Waals surface area contributed by atoms with Gasteiger partial charge in [0.25, 0.3) is 0 Å². The highest BCUT2D eigenvalue weighted by atomic mass is 127. The van der Waals surface area contributed by atoms with Crippen molar-refractivity contribution in [2.45, 2.75) is 32.1 Å². The van der Waals surface area contributed by atoms with Gasteiger partial charge in [-0.3, -0.25) is 9.59 Å². The number of halogens is 2. The van der Waals surface area contributed by atoms with Crippen LogP contribution in [0.25, 0.3) is 0 Å². The van der Waals surface area contributed by atoms with Crippen molar-refractivity contribution in [3.05, 3.63) is 43.3 Å². The molecule has 27 heavy (non-hydrogen) atoms. The summed E-state index contributed by atoms with van der Waals surface area (Å²) >= 11 is 4.10. The molecular formula is C17H18I2N4O4. The summed E-state index contributed by atoms with van der Waals surface area (Å²) in [6, 6.07) is 7.15. The highest BCUT2D eigenvalue weighted by Gasteiger charge is 2.03. The minimum atomic E-state index is -0.172. The lowest BCUT2D eigenvalue weighted by Crippen LogP contribution is -2.18. The predicted octanol–water partition coefficient (Wildman–Crippen LogP) is 3.63. The number of hydrogen-bond donors (Lipinski definition) is 2. The fourth-order valence-corrected chi connectivity index (χ4v) is 2.86. The third kappa shape index (κ3) is 9.17. The summed E-state index contributed by atoms with van der Waals surface area (Å²) in [5, 5.41) is 7.66. The quantitative estimate of drug-likeness (QED) is 0.189. The summed E-state index contributed by atoms with van der Waals surface area (Å²) in [5.41, 5.74) is 4.89.